The van der Waals surface area contributed by atoms with Crippen molar-refractivity contribution in [2.75, 3.05) is 13.2 Å². The summed E-state index contributed by atoms with van der Waals surface area (Å²) in [6.07, 6.45) is -0.712. The van der Waals surface area contributed by atoms with E-state index in [4.69, 9.17) is 5.11 Å². The highest BCUT2D eigenvalue weighted by molar-refractivity contribution is 5.33. The van der Waals surface area contributed by atoms with Crippen LogP contribution in [0.15, 0.2) is 6.07 Å². The van der Waals surface area contributed by atoms with Crippen LogP contribution in [0.3, 0.4) is 0 Å². The molecule has 0 aromatic carbocycles. The zero-order valence-corrected chi connectivity index (χ0v) is 11.0. The van der Waals surface area contributed by atoms with Crippen molar-refractivity contribution >= 4 is 0 Å². The number of rotatable bonds is 5. The SMILES string of the molecule is Cc1cc(C)c(C(C)NCC(O)CO)c(C)n1. The lowest BCUT2D eigenvalue weighted by Gasteiger charge is -2.20. The van der Waals surface area contributed by atoms with E-state index in [2.05, 4.69) is 23.3 Å². The van der Waals surface area contributed by atoms with Crippen molar-refractivity contribution in [1.29, 1.82) is 0 Å². The molecule has 17 heavy (non-hydrogen) atoms. The molecule has 0 saturated heterocycles. The van der Waals surface area contributed by atoms with Gasteiger partial charge in [0.05, 0.1) is 12.7 Å². The molecule has 4 heteroatoms. The van der Waals surface area contributed by atoms with E-state index in [1.54, 1.807) is 0 Å². The largest absolute Gasteiger partial charge is 0.394 e. The van der Waals surface area contributed by atoms with Crippen LogP contribution in [0.25, 0.3) is 0 Å². The highest BCUT2D eigenvalue weighted by Gasteiger charge is 2.13. The van der Waals surface area contributed by atoms with E-state index in [1.807, 2.05) is 20.8 Å². The minimum atomic E-state index is -0.712. The molecule has 4 nitrogen and oxygen atoms in total. The van der Waals surface area contributed by atoms with Gasteiger partial charge in [0.1, 0.15) is 0 Å². The molecule has 3 N–H and O–H groups in total. The third-order valence-electron chi connectivity index (χ3n) is 2.89. The Bertz CT molecular complexity index is 357. The van der Waals surface area contributed by atoms with Gasteiger partial charge in [-0.15, -0.1) is 0 Å². The van der Waals surface area contributed by atoms with Crippen LogP contribution < -0.4 is 5.32 Å². The van der Waals surface area contributed by atoms with Gasteiger partial charge in [-0.3, -0.25) is 4.98 Å². The topological polar surface area (TPSA) is 65.4 Å². The van der Waals surface area contributed by atoms with Crippen LogP contribution in [-0.4, -0.2) is 34.5 Å². The van der Waals surface area contributed by atoms with Crippen molar-refractivity contribution in [1.82, 2.24) is 10.3 Å². The smallest absolute Gasteiger partial charge is 0.0895 e. The number of aromatic nitrogens is 1. The molecule has 2 unspecified atom stereocenters. The Balaban J connectivity index is 2.78. The second kappa shape index (κ2) is 6.10. The Morgan fingerprint density at radius 2 is 2.00 bits per heavy atom. The van der Waals surface area contributed by atoms with Gasteiger partial charge in [0.15, 0.2) is 0 Å². The van der Waals surface area contributed by atoms with Crippen molar-refractivity contribution in [3.05, 3.63) is 28.6 Å². The Morgan fingerprint density at radius 1 is 1.35 bits per heavy atom. The Labute approximate surface area is 103 Å². The lowest BCUT2D eigenvalue weighted by atomic mass is 10.0. The van der Waals surface area contributed by atoms with Gasteiger partial charge in [-0.1, -0.05) is 0 Å². The van der Waals surface area contributed by atoms with Crippen molar-refractivity contribution in [3.8, 4) is 0 Å². The maximum atomic E-state index is 9.31. The van der Waals surface area contributed by atoms with Gasteiger partial charge in [-0.05, 0) is 44.9 Å². The molecule has 0 amide bonds. The number of pyridine rings is 1. The third-order valence-corrected chi connectivity index (χ3v) is 2.89. The zero-order chi connectivity index (χ0) is 13.0. The lowest BCUT2D eigenvalue weighted by molar-refractivity contribution is 0.0923. The minimum Gasteiger partial charge on any atom is -0.394 e. The number of aryl methyl sites for hydroxylation is 3. The Hall–Kier alpha value is -0.970. The number of nitrogens with zero attached hydrogens (tertiary/aromatic N) is 1. The molecule has 0 aliphatic heterocycles. The van der Waals surface area contributed by atoms with E-state index in [-0.39, 0.29) is 12.6 Å². The summed E-state index contributed by atoms with van der Waals surface area (Å²) >= 11 is 0. The normalized spacial score (nSPS) is 14.7. The van der Waals surface area contributed by atoms with E-state index in [0.29, 0.717) is 6.54 Å². The second-order valence-corrected chi connectivity index (χ2v) is 4.55. The molecule has 1 rings (SSSR count). The number of aliphatic hydroxyl groups is 2. The fourth-order valence-electron chi connectivity index (χ4n) is 2.17. The summed E-state index contributed by atoms with van der Waals surface area (Å²) in [5, 5.41) is 21.3. The summed E-state index contributed by atoms with van der Waals surface area (Å²) in [7, 11) is 0. The maximum Gasteiger partial charge on any atom is 0.0895 e. The predicted octanol–water partition coefficient (Wildman–Crippen LogP) is 1.01. The lowest BCUT2D eigenvalue weighted by Crippen LogP contribution is -2.32. The molecule has 0 spiro atoms. The molecule has 1 heterocycles. The Morgan fingerprint density at radius 3 is 2.53 bits per heavy atom. The fraction of sp³-hybridized carbons (Fsp3) is 0.615. The van der Waals surface area contributed by atoms with Gasteiger partial charge in [0.25, 0.3) is 0 Å². The van der Waals surface area contributed by atoms with Crippen LogP contribution in [0.5, 0.6) is 0 Å². The third kappa shape index (κ3) is 3.77. The highest BCUT2D eigenvalue weighted by Crippen LogP contribution is 2.20. The van der Waals surface area contributed by atoms with Gasteiger partial charge in [0.2, 0.25) is 0 Å². The molecular weight excluding hydrogens is 216 g/mol. The predicted molar refractivity (Wildman–Crippen MR) is 68.0 cm³/mol. The first-order valence-electron chi connectivity index (χ1n) is 5.92. The van der Waals surface area contributed by atoms with Crippen molar-refractivity contribution in [2.45, 2.75) is 39.8 Å². The van der Waals surface area contributed by atoms with E-state index in [0.717, 1.165) is 11.4 Å². The molecule has 96 valence electrons. The summed E-state index contributed by atoms with van der Waals surface area (Å²) in [6.45, 7) is 8.25. The minimum absolute atomic E-state index is 0.115. The first-order valence-corrected chi connectivity index (χ1v) is 5.92. The van der Waals surface area contributed by atoms with Gasteiger partial charge in [-0.2, -0.15) is 0 Å². The van der Waals surface area contributed by atoms with Crippen molar-refractivity contribution in [3.63, 3.8) is 0 Å². The van der Waals surface area contributed by atoms with Gasteiger partial charge < -0.3 is 15.5 Å². The first-order chi connectivity index (χ1) is 7.95. The highest BCUT2D eigenvalue weighted by atomic mass is 16.3. The summed E-state index contributed by atoms with van der Waals surface area (Å²) in [5.41, 5.74) is 4.40. The van der Waals surface area contributed by atoms with Gasteiger partial charge in [-0.25, -0.2) is 0 Å². The number of hydrogen-bond acceptors (Lipinski definition) is 4. The van der Waals surface area contributed by atoms with Crippen molar-refractivity contribution < 1.29 is 10.2 Å². The quantitative estimate of drug-likeness (QED) is 0.716. The van der Waals surface area contributed by atoms with Crippen molar-refractivity contribution in [2.24, 2.45) is 0 Å². The van der Waals surface area contributed by atoms with E-state index in [1.165, 1.54) is 11.1 Å². The summed E-state index contributed by atoms with van der Waals surface area (Å²) in [5.74, 6) is 0. The molecule has 0 saturated carbocycles. The monoisotopic (exact) mass is 238 g/mol. The molecule has 0 fully saturated rings. The van der Waals surface area contributed by atoms with Crippen LogP contribution in [0, 0.1) is 20.8 Å². The molecular formula is C13H22N2O2. The van der Waals surface area contributed by atoms with E-state index < -0.39 is 6.10 Å². The number of hydrogen-bond donors (Lipinski definition) is 3. The van der Waals surface area contributed by atoms with Gasteiger partial charge in [0, 0.05) is 24.0 Å². The van der Waals surface area contributed by atoms with Gasteiger partial charge >= 0.3 is 0 Å². The average Bonchev–Trinajstić information content (AvgIpc) is 2.24. The standard InChI is InChI=1S/C13H22N2O2/c1-8-5-9(2)15-11(4)13(8)10(3)14-6-12(17)7-16/h5,10,12,14,16-17H,6-7H2,1-4H3. The molecule has 0 aliphatic rings. The summed E-state index contributed by atoms with van der Waals surface area (Å²) in [6, 6.07) is 2.17. The van der Waals surface area contributed by atoms with E-state index >= 15 is 0 Å². The Kier molecular flexibility index (Phi) is 5.05. The maximum absolute atomic E-state index is 9.31. The average molecular weight is 238 g/mol. The van der Waals surface area contributed by atoms with Crippen LogP contribution in [-0.2, 0) is 0 Å². The van der Waals surface area contributed by atoms with Crippen LogP contribution in [0.2, 0.25) is 0 Å². The second-order valence-electron chi connectivity index (χ2n) is 4.55. The van der Waals surface area contributed by atoms with Crippen LogP contribution in [0.4, 0.5) is 0 Å². The molecule has 2 atom stereocenters. The molecule has 0 bridgehead atoms. The fourth-order valence-corrected chi connectivity index (χ4v) is 2.17. The van der Waals surface area contributed by atoms with Crippen LogP contribution in [0.1, 0.15) is 35.5 Å². The van der Waals surface area contributed by atoms with Crippen LogP contribution >= 0.6 is 0 Å². The molecule has 1 aromatic rings. The molecule has 0 aliphatic carbocycles. The van der Waals surface area contributed by atoms with E-state index in [9.17, 15) is 5.11 Å². The number of aliphatic hydroxyl groups excluding tert-OH is 2. The summed E-state index contributed by atoms with van der Waals surface area (Å²) in [4.78, 5) is 4.45. The number of nitrogens with one attached hydrogen (secondary N) is 1. The molecule has 0 radical (unpaired) electrons. The summed E-state index contributed by atoms with van der Waals surface area (Å²) < 4.78 is 0. The first kappa shape index (κ1) is 14.1. The molecule has 1 aromatic heterocycles. The zero-order valence-electron chi connectivity index (χ0n) is 11.0.